The van der Waals surface area contributed by atoms with Crippen LogP contribution >= 0.6 is 38.6 Å². The second-order valence-corrected chi connectivity index (χ2v) is 7.04. The van der Waals surface area contributed by atoms with Crippen LogP contribution < -0.4 is 0 Å². The SMILES string of the molecule is CCC(Br)c1nnc(-c2cc(C)c(C)s2)s1. The lowest BCUT2D eigenvalue weighted by molar-refractivity contribution is 0.870. The summed E-state index contributed by atoms with van der Waals surface area (Å²) in [4.78, 5) is 2.92. The van der Waals surface area contributed by atoms with Crippen LogP contribution in [0.3, 0.4) is 0 Å². The summed E-state index contributed by atoms with van der Waals surface area (Å²) in [6.45, 7) is 6.42. The molecular formula is C11H13BrN2S2. The van der Waals surface area contributed by atoms with Crippen molar-refractivity contribution in [2.24, 2.45) is 0 Å². The van der Waals surface area contributed by atoms with Gasteiger partial charge in [-0.25, -0.2) is 0 Å². The summed E-state index contributed by atoms with van der Waals surface area (Å²) in [5.41, 5.74) is 1.34. The highest BCUT2D eigenvalue weighted by molar-refractivity contribution is 9.09. The Morgan fingerprint density at radius 3 is 2.62 bits per heavy atom. The molecule has 86 valence electrons. The summed E-state index contributed by atoms with van der Waals surface area (Å²) in [5, 5.41) is 10.6. The number of nitrogens with zero attached hydrogens (tertiary/aromatic N) is 2. The molecule has 2 heterocycles. The second-order valence-electron chi connectivity index (χ2n) is 3.67. The van der Waals surface area contributed by atoms with Crippen molar-refractivity contribution in [3.05, 3.63) is 21.5 Å². The highest BCUT2D eigenvalue weighted by Crippen LogP contribution is 2.36. The van der Waals surface area contributed by atoms with Gasteiger partial charge in [0.25, 0.3) is 0 Å². The van der Waals surface area contributed by atoms with Gasteiger partial charge in [0.2, 0.25) is 0 Å². The van der Waals surface area contributed by atoms with E-state index in [9.17, 15) is 0 Å². The normalized spacial score (nSPS) is 13.0. The van der Waals surface area contributed by atoms with E-state index in [0.29, 0.717) is 4.83 Å². The summed E-state index contributed by atoms with van der Waals surface area (Å²) >= 11 is 7.08. The molecule has 5 heteroatoms. The molecule has 1 unspecified atom stereocenters. The van der Waals surface area contributed by atoms with Crippen molar-refractivity contribution in [2.75, 3.05) is 0 Å². The number of rotatable bonds is 3. The Balaban J connectivity index is 2.31. The van der Waals surface area contributed by atoms with Gasteiger partial charge in [0, 0.05) is 4.88 Å². The van der Waals surface area contributed by atoms with Gasteiger partial charge in [-0.3, -0.25) is 0 Å². The van der Waals surface area contributed by atoms with Crippen LogP contribution in [0.15, 0.2) is 6.07 Å². The van der Waals surface area contributed by atoms with Crippen molar-refractivity contribution >= 4 is 38.6 Å². The van der Waals surface area contributed by atoms with Crippen molar-refractivity contribution < 1.29 is 0 Å². The molecule has 0 radical (unpaired) electrons. The Morgan fingerprint density at radius 1 is 1.31 bits per heavy atom. The lowest BCUT2D eigenvalue weighted by Crippen LogP contribution is -1.84. The predicted octanol–water partition coefficient (Wildman–Crippen LogP) is 4.73. The first-order valence-corrected chi connectivity index (χ1v) is 7.71. The third-order valence-electron chi connectivity index (χ3n) is 2.44. The third kappa shape index (κ3) is 2.36. The molecular weight excluding hydrogens is 304 g/mol. The van der Waals surface area contributed by atoms with Gasteiger partial charge in [-0.2, -0.15) is 0 Å². The Bertz CT molecular complexity index is 470. The largest absolute Gasteiger partial charge is 0.157 e. The van der Waals surface area contributed by atoms with Crippen LogP contribution in [0, 0.1) is 13.8 Å². The fourth-order valence-corrected chi connectivity index (χ4v) is 3.66. The number of halogens is 1. The fourth-order valence-electron chi connectivity index (χ4n) is 1.31. The Morgan fingerprint density at radius 2 is 2.06 bits per heavy atom. The first kappa shape index (κ1) is 12.2. The van der Waals surface area contributed by atoms with Crippen LogP contribution in [0.4, 0.5) is 0 Å². The van der Waals surface area contributed by atoms with Gasteiger partial charge in [-0.1, -0.05) is 34.2 Å². The number of aromatic nitrogens is 2. The lowest BCUT2D eigenvalue weighted by atomic mass is 10.3. The maximum atomic E-state index is 4.26. The van der Waals surface area contributed by atoms with Crippen LogP contribution in [0.25, 0.3) is 9.88 Å². The van der Waals surface area contributed by atoms with Crippen molar-refractivity contribution in [2.45, 2.75) is 32.0 Å². The van der Waals surface area contributed by atoms with Crippen LogP contribution in [0.1, 0.15) is 33.6 Å². The number of hydrogen-bond acceptors (Lipinski definition) is 4. The number of hydrogen-bond donors (Lipinski definition) is 0. The molecule has 0 fully saturated rings. The maximum Gasteiger partial charge on any atom is 0.157 e. The minimum Gasteiger partial charge on any atom is -0.142 e. The van der Waals surface area contributed by atoms with E-state index in [-0.39, 0.29) is 0 Å². The molecule has 1 atom stereocenters. The van der Waals surface area contributed by atoms with E-state index in [1.807, 2.05) is 0 Å². The van der Waals surface area contributed by atoms with Crippen molar-refractivity contribution in [3.63, 3.8) is 0 Å². The fraction of sp³-hybridized carbons (Fsp3) is 0.455. The van der Waals surface area contributed by atoms with Gasteiger partial charge in [-0.15, -0.1) is 21.5 Å². The molecule has 0 saturated carbocycles. The minimum absolute atomic E-state index is 0.334. The smallest absolute Gasteiger partial charge is 0.142 e. The summed E-state index contributed by atoms with van der Waals surface area (Å²) in [6, 6.07) is 2.19. The summed E-state index contributed by atoms with van der Waals surface area (Å²) < 4.78 is 0. The molecule has 0 saturated heterocycles. The second kappa shape index (κ2) is 4.94. The monoisotopic (exact) mass is 316 g/mol. The molecule has 2 rings (SSSR count). The summed E-state index contributed by atoms with van der Waals surface area (Å²) in [5.74, 6) is 0. The van der Waals surface area contributed by atoms with E-state index in [1.165, 1.54) is 15.3 Å². The van der Waals surface area contributed by atoms with E-state index in [2.05, 4.69) is 53.0 Å². The number of thiophene rings is 1. The minimum atomic E-state index is 0.334. The summed E-state index contributed by atoms with van der Waals surface area (Å²) in [6.07, 6.45) is 1.04. The molecule has 2 aromatic rings. The van der Waals surface area contributed by atoms with E-state index < -0.39 is 0 Å². The molecule has 2 aromatic heterocycles. The standard InChI is InChI=1S/C11H13BrN2S2/c1-4-8(12)10-13-14-11(16-10)9-5-6(2)7(3)15-9/h5,8H,4H2,1-3H3. The first-order chi connectivity index (χ1) is 7.61. The van der Waals surface area contributed by atoms with Gasteiger partial charge in [0.1, 0.15) is 5.01 Å². The van der Waals surface area contributed by atoms with Gasteiger partial charge in [0.05, 0.1) is 9.70 Å². The highest BCUT2D eigenvalue weighted by atomic mass is 79.9. The van der Waals surface area contributed by atoms with Crippen molar-refractivity contribution in [3.8, 4) is 9.88 Å². The lowest BCUT2D eigenvalue weighted by Gasteiger charge is -1.97. The van der Waals surface area contributed by atoms with Crippen molar-refractivity contribution in [1.29, 1.82) is 0 Å². The van der Waals surface area contributed by atoms with E-state index in [4.69, 9.17) is 0 Å². The van der Waals surface area contributed by atoms with Crippen LogP contribution in [-0.4, -0.2) is 10.2 Å². The van der Waals surface area contributed by atoms with E-state index >= 15 is 0 Å². The average Bonchev–Trinajstić information content (AvgIpc) is 2.86. The van der Waals surface area contributed by atoms with E-state index in [0.717, 1.165) is 16.4 Å². The predicted molar refractivity (Wildman–Crippen MR) is 74.7 cm³/mol. The zero-order valence-electron chi connectivity index (χ0n) is 9.45. The molecule has 0 aliphatic rings. The quantitative estimate of drug-likeness (QED) is 0.765. The Hall–Kier alpha value is -0.260. The van der Waals surface area contributed by atoms with E-state index in [1.54, 1.807) is 22.7 Å². The zero-order valence-corrected chi connectivity index (χ0v) is 12.7. The van der Waals surface area contributed by atoms with Gasteiger partial charge < -0.3 is 0 Å². The molecule has 0 aliphatic carbocycles. The molecule has 0 N–H and O–H groups in total. The first-order valence-electron chi connectivity index (χ1n) is 5.16. The maximum absolute atomic E-state index is 4.26. The Kier molecular flexibility index (Phi) is 3.77. The topological polar surface area (TPSA) is 25.8 Å². The summed E-state index contributed by atoms with van der Waals surface area (Å²) in [7, 11) is 0. The average molecular weight is 317 g/mol. The molecule has 0 bridgehead atoms. The van der Waals surface area contributed by atoms with Gasteiger partial charge in [-0.05, 0) is 31.9 Å². The Labute approximate surface area is 112 Å². The molecule has 0 aliphatic heterocycles. The highest BCUT2D eigenvalue weighted by Gasteiger charge is 2.14. The molecule has 2 nitrogen and oxygen atoms in total. The van der Waals surface area contributed by atoms with Crippen molar-refractivity contribution in [1.82, 2.24) is 10.2 Å². The van der Waals surface area contributed by atoms with Crippen LogP contribution in [0.2, 0.25) is 0 Å². The molecule has 16 heavy (non-hydrogen) atoms. The van der Waals surface area contributed by atoms with Crippen LogP contribution in [-0.2, 0) is 0 Å². The zero-order chi connectivity index (χ0) is 11.7. The van der Waals surface area contributed by atoms with Gasteiger partial charge >= 0.3 is 0 Å². The molecule has 0 amide bonds. The van der Waals surface area contributed by atoms with Crippen LogP contribution in [0.5, 0.6) is 0 Å². The van der Waals surface area contributed by atoms with Gasteiger partial charge in [0.15, 0.2) is 5.01 Å². The third-order valence-corrected chi connectivity index (χ3v) is 6.19. The molecule has 0 aromatic carbocycles. The molecule has 0 spiro atoms. The number of aryl methyl sites for hydroxylation is 2. The number of alkyl halides is 1.